The molecule has 0 fully saturated rings. The van der Waals surface area contributed by atoms with Crippen LogP contribution in [0, 0.1) is 6.92 Å². The van der Waals surface area contributed by atoms with E-state index in [1.807, 2.05) is 19.9 Å². The van der Waals surface area contributed by atoms with Crippen LogP contribution in [0.4, 0.5) is 0 Å². The van der Waals surface area contributed by atoms with E-state index in [9.17, 15) is 13.2 Å². The fourth-order valence-corrected chi connectivity index (χ4v) is 4.04. The summed E-state index contributed by atoms with van der Waals surface area (Å²) >= 11 is 0. The van der Waals surface area contributed by atoms with Gasteiger partial charge in [0.05, 0.1) is 31.7 Å². The molecule has 2 aromatic carbocycles. The molecule has 2 aromatic rings. The Morgan fingerprint density at radius 1 is 1.07 bits per heavy atom. The van der Waals surface area contributed by atoms with Crippen molar-refractivity contribution in [2.75, 3.05) is 27.8 Å². The minimum Gasteiger partial charge on any atom is -0.493 e. The molecule has 0 radical (unpaired) electrons. The Labute approximate surface area is 172 Å². The van der Waals surface area contributed by atoms with Crippen LogP contribution in [0.5, 0.6) is 11.5 Å². The highest BCUT2D eigenvalue weighted by Crippen LogP contribution is 2.30. The van der Waals surface area contributed by atoms with E-state index < -0.39 is 10.0 Å². The van der Waals surface area contributed by atoms with Crippen LogP contribution in [0.3, 0.4) is 0 Å². The molecule has 0 aliphatic carbocycles. The first-order chi connectivity index (χ1) is 13.7. The Hall–Kier alpha value is -2.58. The summed E-state index contributed by atoms with van der Waals surface area (Å²) in [5, 5.41) is 2.89. The summed E-state index contributed by atoms with van der Waals surface area (Å²) in [6.45, 7) is 3.54. The van der Waals surface area contributed by atoms with Gasteiger partial charge < -0.3 is 14.8 Å². The standard InChI is InChI=1S/C21H28N2O5S/c1-6-18(16-9-12-19(27-4)20(13-16)28-5)22-21(24)14-23(3)29(25,26)17-10-7-15(2)8-11-17/h7-13,18H,6,14H2,1-5H3,(H,22,24)/t18-/m1/s1. The van der Waals surface area contributed by atoms with Crippen molar-refractivity contribution < 1.29 is 22.7 Å². The van der Waals surface area contributed by atoms with Crippen LogP contribution < -0.4 is 14.8 Å². The Kier molecular flexibility index (Phi) is 7.64. The molecule has 0 saturated carbocycles. The number of carbonyl (C=O) groups is 1. The second-order valence-electron chi connectivity index (χ2n) is 6.72. The fourth-order valence-electron chi connectivity index (χ4n) is 2.91. The average molecular weight is 421 g/mol. The van der Waals surface area contributed by atoms with E-state index in [0.29, 0.717) is 17.9 Å². The van der Waals surface area contributed by atoms with Crippen LogP contribution in [0.1, 0.15) is 30.5 Å². The lowest BCUT2D eigenvalue weighted by atomic mass is 10.0. The number of benzene rings is 2. The Morgan fingerprint density at radius 2 is 1.69 bits per heavy atom. The summed E-state index contributed by atoms with van der Waals surface area (Å²) in [5.74, 6) is 0.781. The van der Waals surface area contributed by atoms with Crippen LogP contribution in [-0.4, -0.2) is 46.4 Å². The smallest absolute Gasteiger partial charge is 0.243 e. The van der Waals surface area contributed by atoms with Gasteiger partial charge in [-0.25, -0.2) is 8.42 Å². The molecule has 0 unspecified atom stereocenters. The zero-order chi connectivity index (χ0) is 21.6. The van der Waals surface area contributed by atoms with Gasteiger partial charge in [0.15, 0.2) is 11.5 Å². The monoisotopic (exact) mass is 420 g/mol. The molecule has 0 aromatic heterocycles. The SMILES string of the molecule is CC[C@@H](NC(=O)CN(C)S(=O)(=O)c1ccc(C)cc1)c1ccc(OC)c(OC)c1. The molecule has 0 heterocycles. The van der Waals surface area contributed by atoms with Crippen molar-refractivity contribution in [3.05, 3.63) is 53.6 Å². The third kappa shape index (κ3) is 5.48. The number of carbonyl (C=O) groups excluding carboxylic acids is 1. The molecule has 1 N–H and O–H groups in total. The van der Waals surface area contributed by atoms with Crippen LogP contribution in [0.2, 0.25) is 0 Å². The first-order valence-corrected chi connectivity index (χ1v) is 10.7. The largest absolute Gasteiger partial charge is 0.493 e. The molecule has 1 atom stereocenters. The zero-order valence-corrected chi connectivity index (χ0v) is 18.2. The average Bonchev–Trinajstić information content (AvgIpc) is 2.71. The summed E-state index contributed by atoms with van der Waals surface area (Å²) < 4.78 is 37.0. The number of amides is 1. The number of nitrogens with one attached hydrogen (secondary N) is 1. The van der Waals surface area contributed by atoms with Gasteiger partial charge in [-0.1, -0.05) is 30.7 Å². The lowest BCUT2D eigenvalue weighted by Gasteiger charge is -2.22. The Balaban J connectivity index is 2.10. The summed E-state index contributed by atoms with van der Waals surface area (Å²) in [7, 11) is 0.757. The fraction of sp³-hybridized carbons (Fsp3) is 0.381. The van der Waals surface area contributed by atoms with Crippen molar-refractivity contribution in [2.24, 2.45) is 0 Å². The Bertz CT molecular complexity index is 942. The van der Waals surface area contributed by atoms with Crippen LogP contribution >= 0.6 is 0 Å². The number of aryl methyl sites for hydroxylation is 1. The maximum atomic E-state index is 12.7. The molecular weight excluding hydrogens is 392 g/mol. The van der Waals surface area contributed by atoms with Gasteiger partial charge in [-0.3, -0.25) is 4.79 Å². The lowest BCUT2D eigenvalue weighted by molar-refractivity contribution is -0.121. The highest BCUT2D eigenvalue weighted by molar-refractivity contribution is 7.89. The number of hydrogen-bond donors (Lipinski definition) is 1. The number of methoxy groups -OCH3 is 2. The number of nitrogens with zero attached hydrogens (tertiary/aromatic N) is 1. The molecule has 0 aliphatic rings. The molecule has 0 aliphatic heterocycles. The Morgan fingerprint density at radius 3 is 2.24 bits per heavy atom. The van der Waals surface area contributed by atoms with E-state index in [1.54, 1.807) is 38.5 Å². The predicted molar refractivity (Wildman–Crippen MR) is 112 cm³/mol. The topological polar surface area (TPSA) is 84.9 Å². The van der Waals surface area contributed by atoms with Crippen molar-refractivity contribution in [1.82, 2.24) is 9.62 Å². The number of rotatable bonds is 9. The van der Waals surface area contributed by atoms with Crippen LogP contribution in [-0.2, 0) is 14.8 Å². The maximum Gasteiger partial charge on any atom is 0.243 e. The first kappa shape index (κ1) is 22.7. The second-order valence-corrected chi connectivity index (χ2v) is 8.76. The van der Waals surface area contributed by atoms with Gasteiger partial charge in [0.25, 0.3) is 0 Å². The zero-order valence-electron chi connectivity index (χ0n) is 17.4. The normalized spacial score (nSPS) is 12.5. The highest BCUT2D eigenvalue weighted by atomic mass is 32.2. The highest BCUT2D eigenvalue weighted by Gasteiger charge is 2.24. The van der Waals surface area contributed by atoms with Crippen molar-refractivity contribution in [1.29, 1.82) is 0 Å². The minimum absolute atomic E-state index is 0.158. The molecule has 158 valence electrons. The van der Waals surface area contributed by atoms with Crippen molar-refractivity contribution >= 4 is 15.9 Å². The molecule has 0 spiro atoms. The summed E-state index contributed by atoms with van der Waals surface area (Å²) in [6, 6.07) is 11.7. The molecule has 2 rings (SSSR count). The van der Waals surface area contributed by atoms with E-state index in [1.165, 1.54) is 19.2 Å². The molecule has 0 saturated heterocycles. The van der Waals surface area contributed by atoms with Gasteiger partial charge >= 0.3 is 0 Å². The van der Waals surface area contributed by atoms with Crippen molar-refractivity contribution in [3.8, 4) is 11.5 Å². The van der Waals surface area contributed by atoms with Crippen molar-refractivity contribution in [3.63, 3.8) is 0 Å². The van der Waals surface area contributed by atoms with E-state index in [0.717, 1.165) is 15.4 Å². The van der Waals surface area contributed by atoms with Crippen LogP contribution in [0.25, 0.3) is 0 Å². The summed E-state index contributed by atoms with van der Waals surface area (Å²) in [6.07, 6.45) is 0.635. The quantitative estimate of drug-likeness (QED) is 0.674. The number of likely N-dealkylation sites (N-methyl/N-ethyl adjacent to an activating group) is 1. The third-order valence-corrected chi connectivity index (χ3v) is 6.47. The maximum absolute atomic E-state index is 12.7. The van der Waals surface area contributed by atoms with E-state index in [4.69, 9.17) is 9.47 Å². The minimum atomic E-state index is -3.74. The summed E-state index contributed by atoms with van der Waals surface area (Å²) in [4.78, 5) is 12.7. The van der Waals surface area contributed by atoms with Crippen LogP contribution in [0.15, 0.2) is 47.4 Å². The number of hydrogen-bond acceptors (Lipinski definition) is 5. The van der Waals surface area contributed by atoms with Gasteiger partial charge in [0, 0.05) is 7.05 Å². The second kappa shape index (κ2) is 9.76. The molecule has 8 heteroatoms. The molecule has 7 nitrogen and oxygen atoms in total. The number of ether oxygens (including phenoxy) is 2. The molecular formula is C21H28N2O5S. The van der Waals surface area contributed by atoms with E-state index in [2.05, 4.69) is 5.32 Å². The molecule has 0 bridgehead atoms. The lowest BCUT2D eigenvalue weighted by Crippen LogP contribution is -2.39. The van der Waals surface area contributed by atoms with Crippen molar-refractivity contribution in [2.45, 2.75) is 31.2 Å². The first-order valence-electron chi connectivity index (χ1n) is 9.27. The van der Waals surface area contributed by atoms with Gasteiger partial charge in [0.2, 0.25) is 15.9 Å². The van der Waals surface area contributed by atoms with E-state index >= 15 is 0 Å². The molecule has 29 heavy (non-hydrogen) atoms. The van der Waals surface area contributed by atoms with E-state index in [-0.39, 0.29) is 23.4 Å². The molecule has 1 amide bonds. The third-order valence-electron chi connectivity index (χ3n) is 4.65. The van der Waals surface area contributed by atoms with Gasteiger partial charge in [-0.05, 0) is 43.2 Å². The van der Waals surface area contributed by atoms with Gasteiger partial charge in [-0.15, -0.1) is 0 Å². The summed E-state index contributed by atoms with van der Waals surface area (Å²) in [5.41, 5.74) is 1.81. The predicted octanol–water partition coefficient (Wildman–Crippen LogP) is 2.90. The van der Waals surface area contributed by atoms with Gasteiger partial charge in [0.1, 0.15) is 0 Å². The van der Waals surface area contributed by atoms with Gasteiger partial charge in [-0.2, -0.15) is 4.31 Å². The number of sulfonamides is 1.